The van der Waals surface area contributed by atoms with Crippen LogP contribution in [-0.4, -0.2) is 35.5 Å². The molecule has 1 aliphatic rings. The number of nitrogens with zero attached hydrogens (tertiary/aromatic N) is 2. The minimum absolute atomic E-state index is 0.373. The fourth-order valence-electron chi connectivity index (χ4n) is 2.86. The molecule has 0 bridgehead atoms. The standard InChI is InChI=1S/C15H22FN3O2/c1-2-17-10-13-7-3-4-9-18(13)11-12-6-5-8-14(15(12)16)19(20)21/h5-6,8,13,17H,2-4,7,9-11H2,1H3. The summed E-state index contributed by atoms with van der Waals surface area (Å²) in [4.78, 5) is 12.4. The number of nitro groups is 1. The van der Waals surface area contributed by atoms with E-state index >= 15 is 0 Å². The molecule has 0 saturated carbocycles. The quantitative estimate of drug-likeness (QED) is 0.647. The van der Waals surface area contributed by atoms with Crippen molar-refractivity contribution in [3.63, 3.8) is 0 Å². The number of piperidine rings is 1. The van der Waals surface area contributed by atoms with E-state index in [1.54, 1.807) is 12.1 Å². The lowest BCUT2D eigenvalue weighted by Crippen LogP contribution is -2.45. The van der Waals surface area contributed by atoms with E-state index in [0.29, 0.717) is 18.2 Å². The molecule has 1 aliphatic heterocycles. The van der Waals surface area contributed by atoms with Gasteiger partial charge in [0.1, 0.15) is 0 Å². The molecule has 1 aromatic rings. The lowest BCUT2D eigenvalue weighted by molar-refractivity contribution is -0.387. The lowest BCUT2D eigenvalue weighted by Gasteiger charge is -2.36. The number of nitro benzene ring substituents is 1. The van der Waals surface area contributed by atoms with Gasteiger partial charge in [0.25, 0.3) is 0 Å². The van der Waals surface area contributed by atoms with Gasteiger partial charge in [-0.2, -0.15) is 4.39 Å². The molecule has 0 spiro atoms. The Morgan fingerprint density at radius 2 is 2.29 bits per heavy atom. The Bertz CT molecular complexity index is 496. The topological polar surface area (TPSA) is 58.4 Å². The van der Waals surface area contributed by atoms with Crippen LogP contribution in [0.3, 0.4) is 0 Å². The van der Waals surface area contributed by atoms with Crippen molar-refractivity contribution in [3.8, 4) is 0 Å². The van der Waals surface area contributed by atoms with Crippen LogP contribution in [0.1, 0.15) is 31.7 Å². The Labute approximate surface area is 124 Å². The molecule has 116 valence electrons. The summed E-state index contributed by atoms with van der Waals surface area (Å²) in [5.41, 5.74) is -0.0275. The second-order valence-electron chi connectivity index (χ2n) is 5.44. The van der Waals surface area contributed by atoms with E-state index in [1.807, 2.05) is 0 Å². The summed E-state index contributed by atoms with van der Waals surface area (Å²) < 4.78 is 14.2. The lowest BCUT2D eigenvalue weighted by atomic mass is 10.0. The fraction of sp³-hybridized carbons (Fsp3) is 0.600. The third kappa shape index (κ3) is 3.98. The molecule has 21 heavy (non-hydrogen) atoms. The van der Waals surface area contributed by atoms with Crippen molar-refractivity contribution in [2.75, 3.05) is 19.6 Å². The van der Waals surface area contributed by atoms with E-state index < -0.39 is 16.4 Å². The van der Waals surface area contributed by atoms with Crippen LogP contribution in [-0.2, 0) is 6.54 Å². The van der Waals surface area contributed by atoms with Gasteiger partial charge >= 0.3 is 5.69 Å². The van der Waals surface area contributed by atoms with Crippen LogP contribution in [0.5, 0.6) is 0 Å². The van der Waals surface area contributed by atoms with Gasteiger partial charge in [-0.1, -0.05) is 25.5 Å². The second-order valence-corrected chi connectivity index (χ2v) is 5.44. The van der Waals surface area contributed by atoms with Crippen LogP contribution in [0.2, 0.25) is 0 Å². The van der Waals surface area contributed by atoms with Gasteiger partial charge in [0.05, 0.1) is 4.92 Å². The average molecular weight is 295 g/mol. The molecule has 0 amide bonds. The van der Waals surface area contributed by atoms with Crippen molar-refractivity contribution in [1.29, 1.82) is 0 Å². The smallest absolute Gasteiger partial charge is 0.305 e. The molecule has 0 aromatic heterocycles. The summed E-state index contributed by atoms with van der Waals surface area (Å²) >= 11 is 0. The molecule has 1 fully saturated rings. The Balaban J connectivity index is 2.11. The molecule has 5 nitrogen and oxygen atoms in total. The SMILES string of the molecule is CCNCC1CCCCN1Cc1cccc([N+](=O)[O-])c1F. The van der Waals surface area contributed by atoms with E-state index in [2.05, 4.69) is 17.1 Å². The predicted molar refractivity (Wildman–Crippen MR) is 79.6 cm³/mol. The molecule has 6 heteroatoms. The minimum Gasteiger partial charge on any atom is -0.315 e. The average Bonchev–Trinajstić information content (AvgIpc) is 2.48. The molecule has 1 unspecified atom stereocenters. The number of halogens is 1. The van der Waals surface area contributed by atoms with Gasteiger partial charge in [0.15, 0.2) is 0 Å². The Morgan fingerprint density at radius 1 is 1.48 bits per heavy atom. The molecule has 1 atom stereocenters. The summed E-state index contributed by atoms with van der Waals surface area (Å²) in [6.07, 6.45) is 3.37. The van der Waals surface area contributed by atoms with Gasteiger partial charge in [-0.3, -0.25) is 15.0 Å². The normalized spacial score (nSPS) is 19.6. The highest BCUT2D eigenvalue weighted by atomic mass is 19.1. The Hall–Kier alpha value is -1.53. The summed E-state index contributed by atoms with van der Waals surface area (Å²) in [6, 6.07) is 4.78. The number of nitrogens with one attached hydrogen (secondary N) is 1. The van der Waals surface area contributed by atoms with Crippen molar-refractivity contribution in [2.24, 2.45) is 0 Å². The Kier molecular flexibility index (Phi) is 5.64. The maximum Gasteiger partial charge on any atom is 0.305 e. The minimum atomic E-state index is -0.699. The molecule has 1 N–H and O–H groups in total. The highest BCUT2D eigenvalue weighted by Gasteiger charge is 2.25. The second kappa shape index (κ2) is 7.47. The molecule has 2 rings (SSSR count). The van der Waals surface area contributed by atoms with E-state index in [4.69, 9.17) is 0 Å². The molecular weight excluding hydrogens is 273 g/mol. The van der Waals surface area contributed by atoms with Gasteiger partial charge < -0.3 is 5.32 Å². The number of rotatable bonds is 6. The van der Waals surface area contributed by atoms with E-state index in [0.717, 1.165) is 32.5 Å². The van der Waals surface area contributed by atoms with E-state index in [9.17, 15) is 14.5 Å². The van der Waals surface area contributed by atoms with Crippen molar-refractivity contribution < 1.29 is 9.31 Å². The largest absolute Gasteiger partial charge is 0.315 e. The number of hydrogen-bond acceptors (Lipinski definition) is 4. The third-order valence-corrected chi connectivity index (χ3v) is 4.01. The zero-order valence-corrected chi connectivity index (χ0v) is 12.3. The number of likely N-dealkylation sites (N-methyl/N-ethyl adjacent to an activating group) is 1. The van der Waals surface area contributed by atoms with Gasteiger partial charge in [-0.05, 0) is 25.9 Å². The van der Waals surface area contributed by atoms with Crippen LogP contribution in [0.15, 0.2) is 18.2 Å². The van der Waals surface area contributed by atoms with Gasteiger partial charge in [0.2, 0.25) is 5.82 Å². The fourth-order valence-corrected chi connectivity index (χ4v) is 2.86. The first-order valence-electron chi connectivity index (χ1n) is 7.50. The van der Waals surface area contributed by atoms with E-state index in [-0.39, 0.29) is 0 Å². The summed E-state index contributed by atoms with van der Waals surface area (Å²) in [6.45, 7) is 5.21. The van der Waals surface area contributed by atoms with E-state index in [1.165, 1.54) is 12.5 Å². The maximum absolute atomic E-state index is 14.2. The molecular formula is C15H22FN3O2. The first kappa shape index (κ1) is 15.9. The van der Waals surface area contributed by atoms with Crippen LogP contribution in [0.4, 0.5) is 10.1 Å². The molecule has 0 radical (unpaired) electrons. The summed E-state index contributed by atoms with van der Waals surface area (Å²) in [7, 11) is 0. The third-order valence-electron chi connectivity index (χ3n) is 4.01. The first-order valence-corrected chi connectivity index (χ1v) is 7.50. The monoisotopic (exact) mass is 295 g/mol. The van der Waals surface area contributed by atoms with Crippen LogP contribution >= 0.6 is 0 Å². The molecule has 1 heterocycles. The summed E-state index contributed by atoms with van der Waals surface area (Å²) in [5.74, 6) is -0.699. The van der Waals surface area contributed by atoms with Crippen molar-refractivity contribution in [2.45, 2.75) is 38.8 Å². The summed E-state index contributed by atoms with van der Waals surface area (Å²) in [5, 5.41) is 14.1. The first-order chi connectivity index (χ1) is 10.1. The molecule has 1 saturated heterocycles. The van der Waals surface area contributed by atoms with Crippen molar-refractivity contribution >= 4 is 5.69 Å². The highest BCUT2D eigenvalue weighted by molar-refractivity contribution is 5.36. The number of likely N-dealkylation sites (tertiary alicyclic amines) is 1. The highest BCUT2D eigenvalue weighted by Crippen LogP contribution is 2.24. The molecule has 0 aliphatic carbocycles. The van der Waals surface area contributed by atoms with Gasteiger partial charge in [-0.25, -0.2) is 0 Å². The Morgan fingerprint density at radius 3 is 3.00 bits per heavy atom. The zero-order chi connectivity index (χ0) is 15.2. The van der Waals surface area contributed by atoms with Gasteiger partial charge in [-0.15, -0.1) is 0 Å². The van der Waals surface area contributed by atoms with Crippen molar-refractivity contribution in [3.05, 3.63) is 39.7 Å². The van der Waals surface area contributed by atoms with Crippen molar-refractivity contribution in [1.82, 2.24) is 10.2 Å². The van der Waals surface area contributed by atoms with Crippen LogP contribution in [0.25, 0.3) is 0 Å². The zero-order valence-electron chi connectivity index (χ0n) is 12.3. The number of hydrogen-bond donors (Lipinski definition) is 1. The maximum atomic E-state index is 14.2. The predicted octanol–water partition coefficient (Wildman–Crippen LogP) is 2.70. The number of benzene rings is 1. The van der Waals surface area contributed by atoms with Gasteiger partial charge in [0, 0.05) is 30.8 Å². The van der Waals surface area contributed by atoms with Crippen LogP contribution in [0, 0.1) is 15.9 Å². The molecule has 1 aromatic carbocycles. The van der Waals surface area contributed by atoms with Crippen LogP contribution < -0.4 is 5.32 Å².